The number of carbonyl (C=O) groups is 2. The van der Waals surface area contributed by atoms with Gasteiger partial charge in [-0.1, -0.05) is 235 Å². The minimum absolute atomic E-state index is 0.0721. The van der Waals surface area contributed by atoms with E-state index >= 15 is 0 Å². The zero-order valence-electron chi connectivity index (χ0n) is 81.9. The molecule has 2 amide bonds. The lowest BCUT2D eigenvalue weighted by Gasteiger charge is -2.32. The molecule has 758 valence electrons. The highest BCUT2D eigenvalue weighted by Gasteiger charge is 2.37. The lowest BCUT2D eigenvalue weighted by molar-refractivity contribution is 0.0622. The smallest absolute Gasteiger partial charge is 0.410 e. The van der Waals surface area contributed by atoms with Gasteiger partial charge in [0.2, 0.25) is 0 Å². The molecule has 13 N–H and O–H groups in total. The van der Waals surface area contributed by atoms with Crippen molar-refractivity contribution in [2.24, 2.45) is 0 Å². The fourth-order valence-electron chi connectivity index (χ4n) is 22.3. The number of hydrogen-bond acceptors (Lipinski definition) is 10. The van der Waals surface area contributed by atoms with Gasteiger partial charge in [-0.25, -0.2) is 18.4 Å². The first kappa shape index (κ1) is 102. The molecule has 0 bridgehead atoms. The van der Waals surface area contributed by atoms with Gasteiger partial charge in [-0.15, -0.1) is 0 Å². The van der Waals surface area contributed by atoms with Gasteiger partial charge in [0.05, 0.1) is 62.7 Å². The van der Waals surface area contributed by atoms with Crippen LogP contribution in [0, 0.1) is 11.6 Å². The molecule has 7 aromatic heterocycles. The Hall–Kier alpha value is -12.8. The van der Waals surface area contributed by atoms with E-state index in [0.717, 1.165) is 195 Å². The monoisotopic (exact) mass is 2210 g/mol. The number of H-pyrrole nitrogens is 7. The molecule has 0 saturated heterocycles. The molecule has 28 heteroatoms. The maximum Gasteiger partial charge on any atom is 0.410 e. The highest BCUT2D eigenvalue weighted by molar-refractivity contribution is 9.10. The number of amides is 2. The summed E-state index contributed by atoms with van der Waals surface area (Å²) in [5, 5.41) is 39.8. The topological polar surface area (TPSA) is 250 Å². The Labute approximate surface area is 903 Å². The fourth-order valence-corrected chi connectivity index (χ4v) is 23.8. The molecule has 14 heterocycles. The minimum Gasteiger partial charge on any atom is -0.450 e. The number of nitrogens with one attached hydrogen (secondary N) is 12. The Balaban J connectivity index is 0.000000102. The number of β-amino-alcohol motifs (C(OH)–C–C–N with tert-alkyl or cyclic N) is 1. The summed E-state index contributed by atoms with van der Waals surface area (Å²) in [5.74, 6) is 0.0830. The summed E-state index contributed by atoms with van der Waals surface area (Å²) in [6.07, 6.45) is 4.62. The van der Waals surface area contributed by atoms with E-state index in [0.29, 0.717) is 55.9 Å². The summed E-state index contributed by atoms with van der Waals surface area (Å²) in [7, 11) is 0. The Morgan fingerprint density at radius 1 is 0.342 bits per heavy atom. The first-order valence-electron chi connectivity index (χ1n) is 50.6. The van der Waals surface area contributed by atoms with Crippen molar-refractivity contribution >= 4 is 178 Å². The van der Waals surface area contributed by atoms with Gasteiger partial charge in [-0.2, -0.15) is 0 Å². The van der Waals surface area contributed by atoms with Crippen molar-refractivity contribution in [2.75, 3.05) is 59.0 Å². The number of nitrogens with zero attached hydrogens (tertiary/aromatic N) is 2. The molecule has 7 unspecified atom stereocenters. The van der Waals surface area contributed by atoms with E-state index in [1.54, 1.807) is 30.0 Å². The van der Waals surface area contributed by atoms with Gasteiger partial charge in [0, 0.05) is 200 Å². The third-order valence-electron chi connectivity index (χ3n) is 29.1. The molecule has 0 aliphatic carbocycles. The van der Waals surface area contributed by atoms with Crippen molar-refractivity contribution in [1.29, 1.82) is 0 Å². The van der Waals surface area contributed by atoms with Crippen LogP contribution in [0.15, 0.2) is 306 Å². The summed E-state index contributed by atoms with van der Waals surface area (Å²) in [6.45, 7) is 11.8. The molecule has 0 spiro atoms. The first-order chi connectivity index (χ1) is 72.7. The van der Waals surface area contributed by atoms with Crippen molar-refractivity contribution in [1.82, 2.24) is 71.3 Å². The Morgan fingerprint density at radius 3 is 1.18 bits per heavy atom. The molecular formula is C121H111Br2Cl5F2N14O5. The van der Waals surface area contributed by atoms with Crippen molar-refractivity contribution in [2.45, 2.75) is 114 Å². The van der Waals surface area contributed by atoms with Crippen LogP contribution in [0.25, 0.3) is 76.3 Å². The van der Waals surface area contributed by atoms with Crippen molar-refractivity contribution < 1.29 is 33.0 Å². The third-order valence-corrected chi connectivity index (χ3v) is 31.3. The molecule has 20 aromatic rings. The van der Waals surface area contributed by atoms with Gasteiger partial charge in [0.1, 0.15) is 17.7 Å². The molecule has 0 radical (unpaired) electrons. The number of benzene rings is 13. The number of ether oxygens (including phenoxy) is 2. The molecule has 0 saturated carbocycles. The van der Waals surface area contributed by atoms with Crippen LogP contribution in [0.2, 0.25) is 25.1 Å². The van der Waals surface area contributed by atoms with Crippen molar-refractivity contribution in [3.05, 3.63) is 455 Å². The van der Waals surface area contributed by atoms with Gasteiger partial charge in [-0.3, -0.25) is 0 Å². The number of aromatic amines is 7. The molecule has 7 atom stereocenters. The number of aliphatic hydroxyl groups is 1. The van der Waals surface area contributed by atoms with Crippen LogP contribution in [0.1, 0.15) is 168 Å². The largest absolute Gasteiger partial charge is 0.450 e. The van der Waals surface area contributed by atoms with Crippen LogP contribution >= 0.6 is 89.9 Å². The van der Waals surface area contributed by atoms with E-state index in [2.05, 4.69) is 245 Å². The maximum atomic E-state index is 13.5. The zero-order chi connectivity index (χ0) is 102. The van der Waals surface area contributed by atoms with E-state index in [1.165, 1.54) is 117 Å². The highest BCUT2D eigenvalue weighted by atomic mass is 79.9. The Morgan fingerprint density at radius 2 is 0.698 bits per heavy atom. The Bertz CT molecular complexity index is 8090. The molecular weight excluding hydrogens is 2100 g/mol. The molecule has 19 nitrogen and oxygen atoms in total. The fraction of sp³-hybridized carbons (Fsp3) is 0.223. The summed E-state index contributed by atoms with van der Waals surface area (Å²) < 4.78 is 39.4. The summed E-state index contributed by atoms with van der Waals surface area (Å²) in [5.41, 5.74) is 32.0. The van der Waals surface area contributed by atoms with Crippen LogP contribution in [0.3, 0.4) is 0 Å². The van der Waals surface area contributed by atoms with Gasteiger partial charge in [0.25, 0.3) is 0 Å². The quantitative estimate of drug-likeness (QED) is 0.0617. The number of halogens is 9. The highest BCUT2D eigenvalue weighted by Crippen LogP contribution is 2.45. The number of aromatic nitrogens is 7. The number of aliphatic hydroxyl groups excluding tert-OH is 1. The second-order valence-electron chi connectivity index (χ2n) is 38.5. The van der Waals surface area contributed by atoms with Gasteiger partial charge < -0.3 is 85.9 Å². The predicted octanol–water partition coefficient (Wildman–Crippen LogP) is 28.9. The molecule has 7 aliphatic rings. The molecule has 27 rings (SSSR count). The molecule has 7 aliphatic heterocycles. The van der Waals surface area contributed by atoms with E-state index < -0.39 is 6.10 Å². The summed E-state index contributed by atoms with van der Waals surface area (Å²) in [4.78, 5) is 52.0. The van der Waals surface area contributed by atoms with Crippen LogP contribution in [-0.4, -0.2) is 121 Å². The summed E-state index contributed by atoms with van der Waals surface area (Å²) in [6, 6.07) is 99.1. The second-order valence-corrected chi connectivity index (χ2v) is 42.5. The molecule has 0 fully saturated rings. The van der Waals surface area contributed by atoms with Crippen LogP contribution in [-0.2, 0) is 67.6 Å². The van der Waals surface area contributed by atoms with Crippen LogP contribution < -0.4 is 26.6 Å². The average Bonchev–Trinajstić information content (AvgIpc) is 1.62. The maximum absolute atomic E-state index is 13.5. The Kier molecular flexibility index (Phi) is 31.5. The number of rotatable bonds is 10. The van der Waals surface area contributed by atoms with Crippen LogP contribution in [0.5, 0.6) is 0 Å². The van der Waals surface area contributed by atoms with Crippen LogP contribution in [0.4, 0.5) is 18.4 Å². The predicted molar refractivity (Wildman–Crippen MR) is 606 cm³/mol. The number of fused-ring (bicyclic) bond motifs is 21. The standard InChI is InChI=1S/C20H19ClN2O2.C18H17BrN2.C18H17ClN2.2C17H14ClFN2.C17H15ClN2.C14H15BrN2O3/c1-2-25-20(24)23-11-16(13-6-4-3-5-7-13)19-17(12-23)15-10-14(21)8-9-18(15)22-19;2*19-13-6-7-16-15(11-13)14-8-9-20-17(18(14)21-16)10-12-4-2-1-3-5-12;18-11-3-1-10(2-4-11)16-17-13(7-8-20-16)14-9-12(19)5-6-15(14)21-17;18-11-3-1-2-10(8-11)16-17-13(6-7-20-16)14-9-12(19)4-5-15(14)21-17;18-12-6-7-16-13(8-12)15-10-19-9-14(17(15)20-16)11-4-2-1-3-5-11;1-2-20-14(19)17-6-10-9-5-8(15)3-4-11(9)16-13(10)12(18)7-17/h3-10,16,22H,2,11-12H2,1H3;2*1-7,11,17,20-21H,8-10H2;1-6,9,16,20-21H,7-8H2;1-5,8-9,16,20-21H,6-7H2;1-8,14,19-20H,9-10H2;3-5,12,16,18H,2,6-7H2,1H3. The van der Waals surface area contributed by atoms with E-state index in [4.69, 9.17) is 67.5 Å². The van der Waals surface area contributed by atoms with Gasteiger partial charge in [-0.05, 0) is 278 Å². The first-order valence-corrected chi connectivity index (χ1v) is 54.1. The SMILES string of the molecule is Brc1ccc2[nH]c3c(c2c1)CCNC3Cc1ccccc1.CCOC(=O)N1Cc2c([nH]c3ccc(Br)cc23)C(O)C1.CCOC(=O)N1Cc2c([nH]c3ccc(Cl)cc23)C(c2ccccc2)C1.Clc1ccc2[nH]c3c(c2c1)CCNC3Cc1ccccc1.Clc1ccc2[nH]c3c(c2c1)CNCC3c1ccccc1.Fc1ccc2[nH]c3c(c2c1)CCNC3c1ccc(Cl)cc1.Fc1ccc2[nH]c3c(c2c1)CCNC3c1cccc(Cl)c1. The zero-order valence-corrected chi connectivity index (χ0v) is 88.9. The lowest BCUT2D eigenvalue weighted by Crippen LogP contribution is -2.38. The van der Waals surface area contributed by atoms with E-state index in [9.17, 15) is 23.5 Å². The van der Waals surface area contributed by atoms with Crippen molar-refractivity contribution in [3.8, 4) is 0 Å². The third kappa shape index (κ3) is 22.5. The van der Waals surface area contributed by atoms with E-state index in [1.807, 2.05) is 122 Å². The normalized spacial score (nSPS) is 17.8. The van der Waals surface area contributed by atoms with E-state index in [-0.39, 0.29) is 48.4 Å². The second kappa shape index (κ2) is 46.0. The number of hydrogen-bond donors (Lipinski definition) is 13. The molecule has 13 aromatic carbocycles. The summed E-state index contributed by atoms with van der Waals surface area (Å²) >= 11 is 37.6. The number of carbonyl (C=O) groups excluding carboxylic acids is 2. The van der Waals surface area contributed by atoms with Crippen molar-refractivity contribution in [3.63, 3.8) is 0 Å². The lowest BCUT2D eigenvalue weighted by atomic mass is 9.89. The van der Waals surface area contributed by atoms with Gasteiger partial charge in [0.15, 0.2) is 0 Å². The molecule has 149 heavy (non-hydrogen) atoms. The van der Waals surface area contributed by atoms with Gasteiger partial charge >= 0.3 is 12.2 Å². The average molecular weight is 2220 g/mol. The minimum atomic E-state index is -0.714.